The third-order valence-corrected chi connectivity index (χ3v) is 8.00. The van der Waals surface area contributed by atoms with Gasteiger partial charge in [0.1, 0.15) is 29.9 Å². The van der Waals surface area contributed by atoms with Gasteiger partial charge in [0.25, 0.3) is 11.8 Å². The lowest BCUT2D eigenvalue weighted by Gasteiger charge is -2.49. The molecule has 12 nitrogen and oxygen atoms in total. The number of carbonyl (C=O) groups excluding carboxylic acids is 2. The molecule has 1 saturated heterocycles. The Morgan fingerprint density at radius 2 is 2.25 bits per heavy atom. The number of oxime groups is 1. The molecule has 0 aliphatic carbocycles. The predicted molar refractivity (Wildman–Crippen MR) is 132 cm³/mol. The molecule has 0 spiro atoms. The normalized spacial score (nSPS) is 19.8. The van der Waals surface area contributed by atoms with E-state index < -0.39 is 29.2 Å². The highest BCUT2D eigenvalue weighted by Crippen LogP contribution is 2.41. The number of β-lactam (4-membered cyclic amide) rings is 1. The highest BCUT2D eigenvalue weighted by molar-refractivity contribution is 8.00. The molecule has 186 valence electrons. The number of thioether (sulfide) groups is 1. The van der Waals surface area contributed by atoms with E-state index in [0.29, 0.717) is 17.7 Å². The molecule has 0 saturated carbocycles. The van der Waals surface area contributed by atoms with Crippen LogP contribution in [0.2, 0.25) is 0 Å². The van der Waals surface area contributed by atoms with E-state index in [2.05, 4.69) is 20.6 Å². The monoisotopic (exact) mass is 528 g/mol. The first kappa shape index (κ1) is 23.8. The lowest BCUT2D eigenvalue weighted by atomic mass is 9.99. The number of fused-ring (bicyclic) bond motifs is 2. The molecule has 3 aromatic rings. The van der Waals surface area contributed by atoms with E-state index in [0.717, 1.165) is 28.1 Å². The molecule has 1 fully saturated rings. The van der Waals surface area contributed by atoms with Gasteiger partial charge in [0.15, 0.2) is 10.8 Å². The van der Waals surface area contributed by atoms with Crippen molar-refractivity contribution in [2.45, 2.75) is 24.8 Å². The molecule has 2 amide bonds. The van der Waals surface area contributed by atoms with E-state index in [-0.39, 0.29) is 22.2 Å². The number of hydrogen-bond donors (Lipinski definition) is 4. The summed E-state index contributed by atoms with van der Waals surface area (Å²) in [4.78, 5) is 48.3. The minimum atomic E-state index is -1.18. The van der Waals surface area contributed by atoms with Crippen LogP contribution in [0.15, 0.2) is 46.2 Å². The fourth-order valence-corrected chi connectivity index (χ4v) is 6.24. The number of carbonyl (C=O) groups is 3. The maximum atomic E-state index is 13.1. The molecule has 2 atom stereocenters. The number of aromatic amines is 1. The third-order valence-electron chi connectivity index (χ3n) is 5.98. The van der Waals surface area contributed by atoms with Gasteiger partial charge in [-0.3, -0.25) is 14.5 Å². The molecular weight excluding hydrogens is 506 g/mol. The number of pyridine rings is 1. The van der Waals surface area contributed by atoms with Crippen molar-refractivity contribution in [3.63, 3.8) is 0 Å². The number of nitrogens with two attached hydrogens (primary N) is 1. The predicted octanol–water partition coefficient (Wildman–Crippen LogP) is 0.432. The van der Waals surface area contributed by atoms with Crippen LogP contribution in [-0.4, -0.2) is 67.9 Å². The topological polar surface area (TPSA) is 167 Å². The Kier molecular flexibility index (Phi) is 6.14. The molecule has 14 heteroatoms. The molecule has 36 heavy (non-hydrogen) atoms. The zero-order valence-electron chi connectivity index (χ0n) is 19.2. The van der Waals surface area contributed by atoms with E-state index in [9.17, 15) is 19.5 Å². The summed E-state index contributed by atoms with van der Waals surface area (Å²) in [7, 11) is 1.29. The quantitative estimate of drug-likeness (QED) is 0.148. The summed E-state index contributed by atoms with van der Waals surface area (Å²) in [5, 5.41) is 20.8. The Morgan fingerprint density at radius 1 is 1.44 bits per heavy atom. The van der Waals surface area contributed by atoms with Crippen molar-refractivity contribution in [1.82, 2.24) is 20.3 Å². The van der Waals surface area contributed by atoms with Crippen LogP contribution in [0.25, 0.3) is 5.52 Å². The average molecular weight is 529 g/mol. The second-order valence-corrected chi connectivity index (χ2v) is 10.2. The number of carboxylic acid groups (broad SMARTS) is 1. The number of amides is 2. The molecule has 5 N–H and O–H groups in total. The number of nitrogens with one attached hydrogen (secondary N) is 2. The minimum Gasteiger partial charge on any atom is -0.477 e. The Balaban J connectivity index is 1.38. The van der Waals surface area contributed by atoms with Crippen LogP contribution in [0.4, 0.5) is 5.13 Å². The van der Waals surface area contributed by atoms with E-state index in [1.54, 1.807) is 5.38 Å². The summed E-state index contributed by atoms with van der Waals surface area (Å²) in [5.74, 6) is -1.96. The first-order valence-corrected chi connectivity index (χ1v) is 12.7. The molecule has 3 aromatic heterocycles. The van der Waals surface area contributed by atoms with Gasteiger partial charge in [-0.15, -0.1) is 23.1 Å². The summed E-state index contributed by atoms with van der Waals surface area (Å²) >= 11 is 2.53. The van der Waals surface area contributed by atoms with Crippen molar-refractivity contribution in [1.29, 1.82) is 0 Å². The number of H-pyrrole nitrogens is 1. The van der Waals surface area contributed by atoms with Crippen LogP contribution in [0.3, 0.4) is 0 Å². The molecule has 2 aliphatic heterocycles. The first-order valence-electron chi connectivity index (χ1n) is 10.8. The minimum absolute atomic E-state index is 0.0423. The van der Waals surface area contributed by atoms with Crippen LogP contribution < -0.4 is 15.6 Å². The smallest absolute Gasteiger partial charge is 0.352 e. The van der Waals surface area contributed by atoms with Crippen LogP contribution in [0, 0.1) is 6.92 Å². The average Bonchev–Trinajstić information content (AvgIpc) is 3.47. The fourth-order valence-electron chi connectivity index (χ4n) is 4.35. The second kappa shape index (κ2) is 9.28. The van der Waals surface area contributed by atoms with E-state index in [4.69, 9.17) is 10.6 Å². The molecule has 0 radical (unpaired) electrons. The molecule has 0 aromatic carbocycles. The SMILES string of the molecule is CO/N=C(\C(=O)N[C@@H]1C(=O)N2C(C(=O)O)=C(Cc3c[nH][n+]4c(C)cccc34)CS[C@@H]12)c1csc(N)n1. The maximum Gasteiger partial charge on any atom is 0.352 e. The number of anilines is 1. The van der Waals surface area contributed by atoms with Crippen molar-refractivity contribution in [2.24, 2.45) is 5.16 Å². The highest BCUT2D eigenvalue weighted by atomic mass is 32.2. The molecule has 0 unspecified atom stereocenters. The van der Waals surface area contributed by atoms with E-state index in [1.807, 2.05) is 35.8 Å². The van der Waals surface area contributed by atoms with Crippen molar-refractivity contribution >= 4 is 57.2 Å². The first-order chi connectivity index (χ1) is 17.3. The highest BCUT2D eigenvalue weighted by Gasteiger charge is 2.54. The molecular formula is C22H22N7O5S2+. The zero-order valence-corrected chi connectivity index (χ0v) is 20.9. The largest absolute Gasteiger partial charge is 0.477 e. The summed E-state index contributed by atoms with van der Waals surface area (Å²) in [6.45, 7) is 1.97. The van der Waals surface area contributed by atoms with E-state index in [1.165, 1.54) is 23.8 Å². The summed E-state index contributed by atoms with van der Waals surface area (Å²) in [6.07, 6.45) is 2.21. The van der Waals surface area contributed by atoms with Gasteiger partial charge in [-0.05, 0) is 11.6 Å². The Bertz CT molecular complexity index is 1460. The van der Waals surface area contributed by atoms with Crippen LogP contribution >= 0.6 is 23.1 Å². The Morgan fingerprint density at radius 3 is 2.94 bits per heavy atom. The third kappa shape index (κ3) is 3.97. The zero-order chi connectivity index (χ0) is 25.6. The number of aromatic nitrogens is 3. The Hall–Kier alpha value is -3.91. The van der Waals surface area contributed by atoms with Crippen LogP contribution in [0.1, 0.15) is 17.0 Å². The summed E-state index contributed by atoms with van der Waals surface area (Å²) in [6, 6.07) is 4.94. The molecule has 2 aliphatic rings. The van der Waals surface area contributed by atoms with Crippen molar-refractivity contribution < 1.29 is 28.8 Å². The molecule has 0 bridgehead atoms. The van der Waals surface area contributed by atoms with Gasteiger partial charge in [-0.1, -0.05) is 9.67 Å². The van der Waals surface area contributed by atoms with E-state index >= 15 is 0 Å². The number of nitrogen functional groups attached to an aromatic ring is 1. The van der Waals surface area contributed by atoms with Gasteiger partial charge in [0.05, 0.1) is 11.8 Å². The Labute approximate surface area is 212 Å². The van der Waals surface area contributed by atoms with Crippen LogP contribution in [0.5, 0.6) is 0 Å². The number of aryl methyl sites for hydroxylation is 1. The van der Waals surface area contributed by atoms with Crippen molar-refractivity contribution in [3.05, 3.63) is 58.0 Å². The van der Waals surface area contributed by atoms with Gasteiger partial charge in [-0.25, -0.2) is 9.78 Å². The summed E-state index contributed by atoms with van der Waals surface area (Å²) < 4.78 is 1.92. The lowest BCUT2D eigenvalue weighted by Crippen LogP contribution is -2.71. The second-order valence-electron chi connectivity index (χ2n) is 8.17. The number of hydrogen-bond acceptors (Lipinski definition) is 9. The fraction of sp³-hybridized carbons (Fsp3) is 0.273. The molecule has 5 rings (SSSR count). The number of nitrogens with zero attached hydrogens (tertiary/aromatic N) is 4. The number of carboxylic acids is 1. The van der Waals surface area contributed by atoms with Crippen LogP contribution in [-0.2, 0) is 25.6 Å². The molecule has 5 heterocycles. The van der Waals surface area contributed by atoms with Gasteiger partial charge < -0.3 is 21.0 Å². The number of rotatable bonds is 7. The van der Waals surface area contributed by atoms with Gasteiger partial charge >= 0.3 is 5.97 Å². The number of aliphatic carboxylic acids is 1. The maximum absolute atomic E-state index is 13.1. The summed E-state index contributed by atoms with van der Waals surface area (Å²) in [5.41, 5.74) is 9.21. The van der Waals surface area contributed by atoms with Gasteiger partial charge in [0, 0.05) is 36.6 Å². The van der Waals surface area contributed by atoms with Crippen molar-refractivity contribution in [3.8, 4) is 0 Å². The number of thiazole rings is 1. The lowest BCUT2D eigenvalue weighted by molar-refractivity contribution is -0.583. The standard InChI is InChI=1S/C22H21N7O5S2/c1-10-4-3-5-14-11(7-24-29(10)14)6-12-8-35-20-16(19(31)28(20)17(12)21(32)33)26-18(30)15(27-34-2)13-9-36-22(23)25-13/h3-5,7,9,16,20H,6,8H2,1-2H3,(H4,23,25,26,30,32,33)/p+1/b27-15-/t16-,20+/m1/s1. The van der Waals surface area contributed by atoms with Gasteiger partial charge in [0.2, 0.25) is 11.2 Å². The van der Waals surface area contributed by atoms with Gasteiger partial charge in [-0.2, -0.15) is 5.10 Å². The van der Waals surface area contributed by atoms with Crippen molar-refractivity contribution in [2.75, 3.05) is 18.6 Å².